The Hall–Kier alpha value is -2.67. The van der Waals surface area contributed by atoms with E-state index in [1.807, 2.05) is 24.3 Å². The minimum atomic E-state index is 0.581. The highest BCUT2D eigenvalue weighted by molar-refractivity contribution is 5.76. The second-order valence-corrected chi connectivity index (χ2v) is 7.92. The van der Waals surface area contributed by atoms with Gasteiger partial charge >= 0.3 is 0 Å². The minimum Gasteiger partial charge on any atom is -0.481 e. The molecule has 0 N–H and O–H groups in total. The van der Waals surface area contributed by atoms with Crippen LogP contribution in [0.25, 0.3) is 22.5 Å². The van der Waals surface area contributed by atoms with Gasteiger partial charge < -0.3 is 19.0 Å². The molecule has 0 spiro atoms. The Labute approximate surface area is 170 Å². The van der Waals surface area contributed by atoms with Crippen LogP contribution in [0.5, 0.6) is 5.88 Å². The number of aromatic nitrogens is 3. The zero-order valence-electron chi connectivity index (χ0n) is 16.9. The van der Waals surface area contributed by atoms with Crippen molar-refractivity contribution >= 4 is 17.2 Å². The van der Waals surface area contributed by atoms with E-state index in [1.54, 1.807) is 13.3 Å². The van der Waals surface area contributed by atoms with E-state index < -0.39 is 0 Å². The summed E-state index contributed by atoms with van der Waals surface area (Å²) < 4.78 is 11.3. The first kappa shape index (κ1) is 18.4. The molecule has 3 aromatic heterocycles. The van der Waals surface area contributed by atoms with Gasteiger partial charge in [0.25, 0.3) is 6.01 Å². The lowest BCUT2D eigenvalue weighted by Gasteiger charge is -2.39. The summed E-state index contributed by atoms with van der Waals surface area (Å²) in [6, 6.07) is 9.04. The summed E-state index contributed by atoms with van der Waals surface area (Å²) in [7, 11) is 1.62. The summed E-state index contributed by atoms with van der Waals surface area (Å²) in [5, 5.41) is 0. The molecule has 5 rings (SSSR count). The number of piperidine rings is 2. The topological polar surface area (TPSA) is 67.5 Å². The number of hydrogen-bond acceptors (Lipinski definition) is 7. The van der Waals surface area contributed by atoms with E-state index in [-0.39, 0.29) is 0 Å². The van der Waals surface area contributed by atoms with Crippen molar-refractivity contribution in [3.8, 4) is 17.1 Å². The number of ether oxygens (including phenoxy) is 1. The van der Waals surface area contributed by atoms with E-state index in [4.69, 9.17) is 9.15 Å². The largest absolute Gasteiger partial charge is 0.481 e. The smallest absolute Gasteiger partial charge is 0.299 e. The molecule has 2 aliphatic heterocycles. The Kier molecular flexibility index (Phi) is 5.06. The predicted octanol–water partition coefficient (Wildman–Crippen LogP) is 3.75. The number of nitrogens with zero attached hydrogens (tertiary/aromatic N) is 5. The molecule has 0 saturated carbocycles. The molecule has 2 aliphatic rings. The molecule has 5 heterocycles. The number of hydrogen-bond donors (Lipinski definition) is 0. The van der Waals surface area contributed by atoms with Crippen molar-refractivity contribution in [3.63, 3.8) is 0 Å². The molecule has 0 amide bonds. The summed E-state index contributed by atoms with van der Waals surface area (Å²) in [6.07, 6.45) is 8.22. The Morgan fingerprint density at radius 3 is 2.66 bits per heavy atom. The van der Waals surface area contributed by atoms with Crippen LogP contribution in [0.3, 0.4) is 0 Å². The summed E-state index contributed by atoms with van der Waals surface area (Å²) in [4.78, 5) is 18.5. The average molecular weight is 393 g/mol. The van der Waals surface area contributed by atoms with Gasteiger partial charge in [-0.25, -0.2) is 9.97 Å². The Balaban J connectivity index is 1.31. The number of rotatable bonds is 4. The molecule has 0 bridgehead atoms. The van der Waals surface area contributed by atoms with E-state index in [0.29, 0.717) is 29.2 Å². The fraction of sp³-hybridized carbons (Fsp3) is 0.500. The van der Waals surface area contributed by atoms with Gasteiger partial charge in [-0.15, -0.1) is 0 Å². The first-order valence-electron chi connectivity index (χ1n) is 10.6. The molecule has 2 saturated heterocycles. The van der Waals surface area contributed by atoms with Gasteiger partial charge in [-0.05, 0) is 50.9 Å². The molecule has 0 aliphatic carbocycles. The third kappa shape index (κ3) is 3.79. The maximum Gasteiger partial charge on any atom is 0.299 e. The number of methoxy groups -OCH3 is 1. The van der Waals surface area contributed by atoms with Crippen LogP contribution in [0.2, 0.25) is 0 Å². The number of pyridine rings is 2. The maximum absolute atomic E-state index is 6.09. The van der Waals surface area contributed by atoms with Crippen LogP contribution in [-0.4, -0.2) is 59.2 Å². The quantitative estimate of drug-likeness (QED) is 0.669. The normalized spacial score (nSPS) is 19.0. The Bertz CT molecular complexity index is 974. The summed E-state index contributed by atoms with van der Waals surface area (Å²) >= 11 is 0. The average Bonchev–Trinajstić information content (AvgIpc) is 3.23. The van der Waals surface area contributed by atoms with Gasteiger partial charge in [0.2, 0.25) is 11.5 Å². The number of anilines is 1. The fourth-order valence-electron chi connectivity index (χ4n) is 4.48. The lowest BCUT2D eigenvalue weighted by molar-refractivity contribution is 0.140. The van der Waals surface area contributed by atoms with Gasteiger partial charge in [-0.1, -0.05) is 12.5 Å². The van der Waals surface area contributed by atoms with Gasteiger partial charge in [-0.3, -0.25) is 0 Å². The minimum absolute atomic E-state index is 0.581. The van der Waals surface area contributed by atoms with Gasteiger partial charge in [0.05, 0.1) is 12.8 Å². The molecule has 29 heavy (non-hydrogen) atoms. The monoisotopic (exact) mass is 393 g/mol. The molecule has 7 nitrogen and oxygen atoms in total. The molecular weight excluding hydrogens is 366 g/mol. The third-order valence-corrected chi connectivity index (χ3v) is 6.11. The Morgan fingerprint density at radius 1 is 1.03 bits per heavy atom. The zero-order valence-corrected chi connectivity index (χ0v) is 16.9. The fourth-order valence-corrected chi connectivity index (χ4v) is 4.48. The standard InChI is InChI=1S/C22H27N5O2/c1-28-20-7-5-6-18(24-20)16-14-19-21(23-15-16)25-22(29-19)27-12-8-17(9-13-27)26-10-3-2-4-11-26/h5-7,14-15,17H,2-4,8-13H2,1H3. The molecule has 2 fully saturated rings. The van der Waals surface area contributed by atoms with Crippen molar-refractivity contribution in [2.75, 3.05) is 38.2 Å². The molecule has 0 aromatic carbocycles. The van der Waals surface area contributed by atoms with E-state index in [0.717, 1.165) is 24.3 Å². The van der Waals surface area contributed by atoms with Crippen LogP contribution in [-0.2, 0) is 0 Å². The van der Waals surface area contributed by atoms with E-state index in [2.05, 4.69) is 24.8 Å². The van der Waals surface area contributed by atoms with Crippen molar-refractivity contribution < 1.29 is 9.15 Å². The van der Waals surface area contributed by atoms with Gasteiger partial charge in [0, 0.05) is 37.0 Å². The van der Waals surface area contributed by atoms with Crippen LogP contribution in [0, 0.1) is 0 Å². The molecule has 0 radical (unpaired) electrons. The SMILES string of the molecule is COc1cccc(-c2cnc3nc(N4CCC(N5CCCCC5)CC4)oc3c2)n1. The van der Waals surface area contributed by atoms with Crippen LogP contribution in [0.1, 0.15) is 32.1 Å². The highest BCUT2D eigenvalue weighted by atomic mass is 16.5. The maximum atomic E-state index is 6.09. The van der Waals surface area contributed by atoms with Gasteiger partial charge in [0.15, 0.2) is 5.58 Å². The van der Waals surface area contributed by atoms with E-state index in [9.17, 15) is 0 Å². The first-order chi connectivity index (χ1) is 14.3. The van der Waals surface area contributed by atoms with Crippen molar-refractivity contribution in [1.29, 1.82) is 0 Å². The number of fused-ring (bicyclic) bond motifs is 1. The van der Waals surface area contributed by atoms with Crippen molar-refractivity contribution in [2.24, 2.45) is 0 Å². The van der Waals surface area contributed by atoms with Crippen LogP contribution in [0.15, 0.2) is 34.9 Å². The van der Waals surface area contributed by atoms with E-state index in [1.165, 1.54) is 45.2 Å². The molecule has 152 valence electrons. The van der Waals surface area contributed by atoms with Crippen LogP contribution >= 0.6 is 0 Å². The molecular formula is C22H27N5O2. The van der Waals surface area contributed by atoms with Crippen LogP contribution in [0.4, 0.5) is 6.01 Å². The van der Waals surface area contributed by atoms with Gasteiger partial charge in [0.1, 0.15) is 0 Å². The molecule has 0 atom stereocenters. The second kappa shape index (κ2) is 7.99. The number of likely N-dealkylation sites (tertiary alicyclic amines) is 1. The lowest BCUT2D eigenvalue weighted by atomic mass is 10.0. The second-order valence-electron chi connectivity index (χ2n) is 7.92. The van der Waals surface area contributed by atoms with Crippen molar-refractivity contribution in [2.45, 2.75) is 38.1 Å². The van der Waals surface area contributed by atoms with Gasteiger partial charge in [-0.2, -0.15) is 4.98 Å². The lowest BCUT2D eigenvalue weighted by Crippen LogP contribution is -2.46. The molecule has 0 unspecified atom stereocenters. The van der Waals surface area contributed by atoms with Crippen molar-refractivity contribution in [1.82, 2.24) is 19.9 Å². The highest BCUT2D eigenvalue weighted by Crippen LogP contribution is 2.29. The predicted molar refractivity (Wildman–Crippen MR) is 112 cm³/mol. The summed E-state index contributed by atoms with van der Waals surface area (Å²) in [5.41, 5.74) is 3.03. The first-order valence-corrected chi connectivity index (χ1v) is 10.6. The van der Waals surface area contributed by atoms with Crippen molar-refractivity contribution in [3.05, 3.63) is 30.5 Å². The molecule has 3 aromatic rings. The molecule has 7 heteroatoms. The summed E-state index contributed by atoms with van der Waals surface area (Å²) in [6.45, 7) is 4.49. The number of oxazole rings is 1. The Morgan fingerprint density at radius 2 is 1.86 bits per heavy atom. The highest BCUT2D eigenvalue weighted by Gasteiger charge is 2.27. The third-order valence-electron chi connectivity index (χ3n) is 6.11. The van der Waals surface area contributed by atoms with Crippen LogP contribution < -0.4 is 9.64 Å². The summed E-state index contributed by atoms with van der Waals surface area (Å²) in [5.74, 6) is 0.581. The van der Waals surface area contributed by atoms with E-state index >= 15 is 0 Å². The zero-order chi connectivity index (χ0) is 19.6.